The summed E-state index contributed by atoms with van der Waals surface area (Å²) in [5.41, 5.74) is 1.40. The molecule has 2 aromatic rings. The lowest BCUT2D eigenvalue weighted by atomic mass is 9.79. The molecule has 1 spiro atoms. The van der Waals surface area contributed by atoms with Crippen LogP contribution in [0.3, 0.4) is 0 Å². The van der Waals surface area contributed by atoms with Crippen molar-refractivity contribution < 1.29 is 13.2 Å². The van der Waals surface area contributed by atoms with E-state index in [2.05, 4.69) is 5.10 Å². The third-order valence-corrected chi connectivity index (χ3v) is 4.97. The van der Waals surface area contributed by atoms with Crippen molar-refractivity contribution in [1.29, 1.82) is 0 Å². The molecule has 1 aliphatic heterocycles. The number of benzene rings is 2. The zero-order chi connectivity index (χ0) is 17.7. The Hall–Kier alpha value is -2.56. The van der Waals surface area contributed by atoms with Gasteiger partial charge in [-0.15, -0.1) is 0 Å². The summed E-state index contributed by atoms with van der Waals surface area (Å²) in [7, 11) is 0. The van der Waals surface area contributed by atoms with E-state index in [-0.39, 0.29) is 5.56 Å². The summed E-state index contributed by atoms with van der Waals surface area (Å²) in [6.45, 7) is 2.82. The lowest BCUT2D eigenvalue weighted by molar-refractivity contribution is -0.0688. The number of hydrazone groups is 1. The molecule has 0 fully saturated rings. The van der Waals surface area contributed by atoms with Gasteiger partial charge in [-0.3, -0.25) is 5.01 Å². The van der Waals surface area contributed by atoms with Gasteiger partial charge < -0.3 is 0 Å². The third kappa shape index (κ3) is 2.54. The second-order valence-electron chi connectivity index (χ2n) is 6.57. The maximum atomic E-state index is 13.5. The Morgan fingerprint density at radius 1 is 1.04 bits per heavy atom. The van der Waals surface area contributed by atoms with E-state index in [9.17, 15) is 13.2 Å². The summed E-state index contributed by atoms with van der Waals surface area (Å²) in [6, 6.07) is 16.6. The standard InChI is InChI=1S/C20H17F3N2/c1-14-19(13-25(24-14)12-15-7-3-2-4-8-15)11-18(20(21,22)23)16-9-5-6-10-17(16)19/h2-11H,12-13H2,1H3. The SMILES string of the molecule is CC1=NN(Cc2ccccc2)CC12C=C(C(F)(F)F)c1ccccc12. The van der Waals surface area contributed by atoms with Crippen LogP contribution in [0.5, 0.6) is 0 Å². The Morgan fingerprint density at radius 2 is 1.72 bits per heavy atom. The molecule has 0 amide bonds. The molecule has 2 aliphatic rings. The van der Waals surface area contributed by atoms with Gasteiger partial charge in [-0.05, 0) is 23.6 Å². The van der Waals surface area contributed by atoms with Gasteiger partial charge in [-0.2, -0.15) is 18.3 Å². The monoisotopic (exact) mass is 342 g/mol. The van der Waals surface area contributed by atoms with Crippen LogP contribution >= 0.6 is 0 Å². The summed E-state index contributed by atoms with van der Waals surface area (Å²) in [4.78, 5) is 0. The van der Waals surface area contributed by atoms with Crippen molar-refractivity contribution in [3.05, 3.63) is 77.4 Å². The number of rotatable bonds is 2. The summed E-state index contributed by atoms with van der Waals surface area (Å²) in [5.74, 6) is 0. The molecule has 128 valence electrons. The van der Waals surface area contributed by atoms with Gasteiger partial charge in [-0.1, -0.05) is 60.7 Å². The van der Waals surface area contributed by atoms with E-state index >= 15 is 0 Å². The Balaban J connectivity index is 1.73. The predicted octanol–water partition coefficient (Wildman–Crippen LogP) is 4.78. The van der Waals surface area contributed by atoms with Gasteiger partial charge in [0.25, 0.3) is 0 Å². The Bertz CT molecular complexity index is 868. The maximum Gasteiger partial charge on any atom is 0.416 e. The van der Waals surface area contributed by atoms with E-state index in [1.54, 1.807) is 24.3 Å². The largest absolute Gasteiger partial charge is 0.416 e. The van der Waals surface area contributed by atoms with Gasteiger partial charge in [0.2, 0.25) is 0 Å². The van der Waals surface area contributed by atoms with Crippen molar-refractivity contribution in [1.82, 2.24) is 5.01 Å². The highest BCUT2D eigenvalue weighted by Gasteiger charge is 2.50. The fourth-order valence-corrected chi connectivity index (χ4v) is 3.80. The molecule has 25 heavy (non-hydrogen) atoms. The maximum absolute atomic E-state index is 13.5. The van der Waals surface area contributed by atoms with Crippen molar-refractivity contribution >= 4 is 11.3 Å². The quantitative estimate of drug-likeness (QED) is 0.767. The number of fused-ring (bicyclic) bond motifs is 2. The van der Waals surface area contributed by atoms with Crippen LogP contribution in [-0.2, 0) is 12.0 Å². The van der Waals surface area contributed by atoms with E-state index in [1.165, 1.54) is 6.08 Å². The normalized spacial score (nSPS) is 22.2. The minimum atomic E-state index is -4.37. The smallest absolute Gasteiger partial charge is 0.291 e. The number of allylic oxidation sites excluding steroid dienone is 1. The Labute approximate surface area is 144 Å². The first-order valence-corrected chi connectivity index (χ1v) is 8.15. The molecule has 5 heteroatoms. The second-order valence-corrected chi connectivity index (χ2v) is 6.57. The van der Waals surface area contributed by atoms with E-state index in [4.69, 9.17) is 0 Å². The number of alkyl halides is 3. The predicted molar refractivity (Wildman–Crippen MR) is 92.1 cm³/mol. The molecule has 1 aliphatic carbocycles. The van der Waals surface area contributed by atoms with Crippen LogP contribution in [0.2, 0.25) is 0 Å². The average molecular weight is 342 g/mol. The summed E-state index contributed by atoms with van der Waals surface area (Å²) in [5, 5.41) is 6.43. The molecule has 0 saturated carbocycles. The molecular weight excluding hydrogens is 325 g/mol. The molecule has 0 radical (unpaired) electrons. The minimum Gasteiger partial charge on any atom is -0.291 e. The van der Waals surface area contributed by atoms with Crippen LogP contribution < -0.4 is 0 Å². The van der Waals surface area contributed by atoms with Gasteiger partial charge >= 0.3 is 6.18 Å². The zero-order valence-electron chi connectivity index (χ0n) is 13.7. The number of hydrogen-bond acceptors (Lipinski definition) is 2. The Kier molecular flexibility index (Phi) is 3.49. The molecule has 1 heterocycles. The Morgan fingerprint density at radius 3 is 2.44 bits per heavy atom. The van der Waals surface area contributed by atoms with Gasteiger partial charge in [-0.25, -0.2) is 0 Å². The highest BCUT2D eigenvalue weighted by Crippen LogP contribution is 2.50. The summed E-state index contributed by atoms with van der Waals surface area (Å²) >= 11 is 0. The van der Waals surface area contributed by atoms with E-state index < -0.39 is 17.2 Å². The minimum absolute atomic E-state index is 0.270. The molecule has 0 aromatic heterocycles. The van der Waals surface area contributed by atoms with Crippen LogP contribution in [0.15, 0.2) is 65.8 Å². The van der Waals surface area contributed by atoms with Crippen molar-refractivity contribution in [2.45, 2.75) is 25.1 Å². The lowest BCUT2D eigenvalue weighted by Gasteiger charge is -2.25. The molecular formula is C20H17F3N2. The van der Waals surface area contributed by atoms with E-state index in [0.717, 1.165) is 5.56 Å². The molecule has 4 rings (SSSR count). The topological polar surface area (TPSA) is 15.6 Å². The first-order valence-electron chi connectivity index (χ1n) is 8.15. The third-order valence-electron chi connectivity index (χ3n) is 4.97. The van der Waals surface area contributed by atoms with E-state index in [1.807, 2.05) is 42.3 Å². The van der Waals surface area contributed by atoms with Gasteiger partial charge in [0.05, 0.1) is 29.8 Å². The summed E-state index contributed by atoms with van der Waals surface area (Å²) < 4.78 is 40.6. The molecule has 0 N–H and O–H groups in total. The highest BCUT2D eigenvalue weighted by atomic mass is 19.4. The first kappa shape index (κ1) is 15.9. The van der Waals surface area contributed by atoms with Crippen LogP contribution in [0.4, 0.5) is 13.2 Å². The number of halogens is 3. The molecule has 1 atom stereocenters. The van der Waals surface area contributed by atoms with Gasteiger partial charge in [0.1, 0.15) is 0 Å². The molecule has 0 saturated heterocycles. The van der Waals surface area contributed by atoms with Crippen molar-refractivity contribution in [3.8, 4) is 0 Å². The molecule has 1 unspecified atom stereocenters. The zero-order valence-corrected chi connectivity index (χ0v) is 13.7. The number of hydrogen-bond donors (Lipinski definition) is 0. The molecule has 0 bridgehead atoms. The average Bonchev–Trinajstić information content (AvgIpc) is 3.07. The fraction of sp³-hybridized carbons (Fsp3) is 0.250. The van der Waals surface area contributed by atoms with Crippen LogP contribution in [-0.4, -0.2) is 23.4 Å². The van der Waals surface area contributed by atoms with Crippen LogP contribution in [0.1, 0.15) is 23.6 Å². The van der Waals surface area contributed by atoms with E-state index in [0.29, 0.717) is 24.4 Å². The first-order chi connectivity index (χ1) is 11.9. The van der Waals surface area contributed by atoms with Crippen molar-refractivity contribution in [3.63, 3.8) is 0 Å². The van der Waals surface area contributed by atoms with Crippen molar-refractivity contribution in [2.75, 3.05) is 6.54 Å². The van der Waals surface area contributed by atoms with Crippen molar-refractivity contribution in [2.24, 2.45) is 5.10 Å². The highest BCUT2D eigenvalue weighted by molar-refractivity contribution is 6.02. The molecule has 2 aromatic carbocycles. The van der Waals surface area contributed by atoms with Gasteiger partial charge in [0, 0.05) is 0 Å². The number of nitrogens with zero attached hydrogens (tertiary/aromatic N) is 2. The van der Waals surface area contributed by atoms with Gasteiger partial charge in [0.15, 0.2) is 0 Å². The van der Waals surface area contributed by atoms with Crippen LogP contribution in [0.25, 0.3) is 5.57 Å². The van der Waals surface area contributed by atoms with Crippen LogP contribution in [0, 0.1) is 0 Å². The molecule has 2 nitrogen and oxygen atoms in total. The fourth-order valence-electron chi connectivity index (χ4n) is 3.80. The lowest BCUT2D eigenvalue weighted by Crippen LogP contribution is -2.34. The summed E-state index contributed by atoms with van der Waals surface area (Å²) in [6.07, 6.45) is -3.01. The second kappa shape index (κ2) is 5.48.